The normalized spacial score (nSPS) is 12.8. The molecular formula is C24H19ClN5OS+. The summed E-state index contributed by atoms with van der Waals surface area (Å²) in [7, 11) is 1.90. The molecule has 0 radical (unpaired) electrons. The number of aryl methyl sites for hydroxylation is 1. The summed E-state index contributed by atoms with van der Waals surface area (Å²) in [5, 5.41) is 14.2. The van der Waals surface area contributed by atoms with E-state index in [4.69, 9.17) is 21.8 Å². The highest BCUT2D eigenvalue weighted by Crippen LogP contribution is 2.29. The number of benzene rings is 3. The van der Waals surface area contributed by atoms with Crippen LogP contribution in [0.1, 0.15) is 15.9 Å². The summed E-state index contributed by atoms with van der Waals surface area (Å²) < 4.78 is 3.66. The second-order valence-corrected chi connectivity index (χ2v) is 8.63. The number of halogens is 1. The van der Waals surface area contributed by atoms with E-state index in [1.807, 2.05) is 83.1 Å². The first-order valence-corrected chi connectivity index (χ1v) is 11.4. The van der Waals surface area contributed by atoms with Crippen LogP contribution in [0.2, 0.25) is 5.02 Å². The quantitative estimate of drug-likeness (QED) is 0.451. The summed E-state index contributed by atoms with van der Waals surface area (Å²) >= 11 is 7.71. The third-order valence-corrected chi connectivity index (χ3v) is 6.46. The second-order valence-electron chi connectivity index (χ2n) is 7.25. The molecule has 0 bridgehead atoms. The predicted molar refractivity (Wildman–Crippen MR) is 127 cm³/mol. The van der Waals surface area contributed by atoms with Crippen molar-refractivity contribution in [2.24, 2.45) is 12.1 Å². The Balaban J connectivity index is 1.55. The SMILES string of the molecule is Cn1nc(-c2ccccc2NC(=O)c2ccccc2)[n+]2c1SCC(c1ccc(Cl)cc1)=N2. The number of carbonyl (C=O) groups is 1. The molecule has 0 fully saturated rings. The molecule has 1 N–H and O–H groups in total. The number of aromatic nitrogens is 3. The minimum atomic E-state index is -0.174. The maximum absolute atomic E-state index is 12.8. The van der Waals surface area contributed by atoms with Crippen LogP contribution in [-0.4, -0.2) is 27.2 Å². The molecule has 1 aliphatic rings. The van der Waals surface area contributed by atoms with Gasteiger partial charge < -0.3 is 5.32 Å². The molecule has 1 aliphatic heterocycles. The Labute approximate surface area is 194 Å². The van der Waals surface area contributed by atoms with Gasteiger partial charge in [0.25, 0.3) is 5.91 Å². The van der Waals surface area contributed by atoms with Crippen LogP contribution in [0.15, 0.2) is 89.1 Å². The molecule has 1 amide bonds. The van der Waals surface area contributed by atoms with Crippen molar-refractivity contribution in [3.8, 4) is 11.4 Å². The molecule has 4 aromatic rings. The largest absolute Gasteiger partial charge is 0.335 e. The van der Waals surface area contributed by atoms with E-state index < -0.39 is 0 Å². The number of amides is 1. The van der Waals surface area contributed by atoms with Gasteiger partial charge in [-0.1, -0.05) is 58.7 Å². The molecule has 0 spiro atoms. The molecule has 6 nitrogen and oxygen atoms in total. The molecule has 32 heavy (non-hydrogen) atoms. The summed E-state index contributed by atoms with van der Waals surface area (Å²) in [4.78, 5) is 12.8. The van der Waals surface area contributed by atoms with Crippen molar-refractivity contribution < 1.29 is 9.47 Å². The molecule has 3 aromatic carbocycles. The first-order chi connectivity index (χ1) is 15.6. The summed E-state index contributed by atoms with van der Waals surface area (Å²) in [6, 6.07) is 24.4. The van der Waals surface area contributed by atoms with Gasteiger partial charge in [0.1, 0.15) is 0 Å². The fraction of sp³-hybridized carbons (Fsp3) is 0.0833. The topological polar surface area (TPSA) is 63.2 Å². The van der Waals surface area contributed by atoms with Crippen LogP contribution in [-0.2, 0) is 7.05 Å². The molecule has 0 saturated heterocycles. The van der Waals surface area contributed by atoms with Gasteiger partial charge >= 0.3 is 11.0 Å². The van der Waals surface area contributed by atoms with Gasteiger partial charge in [0.2, 0.25) is 0 Å². The van der Waals surface area contributed by atoms with Crippen molar-refractivity contribution in [1.82, 2.24) is 9.78 Å². The van der Waals surface area contributed by atoms with Crippen LogP contribution in [0.3, 0.4) is 0 Å². The van der Waals surface area contributed by atoms with Gasteiger partial charge in [-0.2, -0.15) is 0 Å². The van der Waals surface area contributed by atoms with E-state index >= 15 is 0 Å². The molecule has 0 unspecified atom stereocenters. The number of anilines is 1. The smallest absolute Gasteiger partial charge is 0.321 e. The fourth-order valence-electron chi connectivity index (χ4n) is 3.50. The van der Waals surface area contributed by atoms with Crippen molar-refractivity contribution in [2.45, 2.75) is 5.16 Å². The molecule has 158 valence electrons. The lowest BCUT2D eigenvalue weighted by Gasteiger charge is -2.11. The molecular weight excluding hydrogens is 442 g/mol. The summed E-state index contributed by atoms with van der Waals surface area (Å²) in [6.07, 6.45) is 0. The van der Waals surface area contributed by atoms with E-state index in [1.54, 1.807) is 23.9 Å². The Morgan fingerprint density at radius 1 is 1.03 bits per heavy atom. The van der Waals surface area contributed by atoms with Crippen LogP contribution < -0.4 is 9.99 Å². The Bertz CT molecular complexity index is 1330. The second kappa shape index (κ2) is 8.61. The zero-order chi connectivity index (χ0) is 22.1. The van der Waals surface area contributed by atoms with Crippen molar-refractivity contribution in [3.05, 3.63) is 95.0 Å². The maximum atomic E-state index is 12.8. The number of thioether (sulfide) groups is 1. The molecule has 0 aliphatic carbocycles. The molecule has 8 heteroatoms. The number of fused-ring (bicyclic) bond motifs is 1. The van der Waals surface area contributed by atoms with E-state index in [9.17, 15) is 4.79 Å². The lowest BCUT2D eigenvalue weighted by molar-refractivity contribution is -0.707. The molecule has 2 heterocycles. The minimum absolute atomic E-state index is 0.174. The van der Waals surface area contributed by atoms with Crippen molar-refractivity contribution in [3.63, 3.8) is 0 Å². The van der Waals surface area contributed by atoms with E-state index in [2.05, 4.69) is 5.32 Å². The van der Waals surface area contributed by atoms with Gasteiger partial charge in [-0.25, -0.2) is 0 Å². The zero-order valence-corrected chi connectivity index (χ0v) is 18.8. The van der Waals surface area contributed by atoms with Crippen LogP contribution in [0.4, 0.5) is 5.69 Å². The minimum Gasteiger partial charge on any atom is -0.321 e. The molecule has 5 rings (SSSR count). The summed E-state index contributed by atoms with van der Waals surface area (Å²) in [5.41, 5.74) is 4.01. The highest BCUT2D eigenvalue weighted by molar-refractivity contribution is 7.99. The first kappa shape index (κ1) is 20.5. The summed E-state index contributed by atoms with van der Waals surface area (Å²) in [6.45, 7) is 0. The number of hydrogen-bond acceptors (Lipinski definition) is 4. The third-order valence-electron chi connectivity index (χ3n) is 5.09. The van der Waals surface area contributed by atoms with Crippen molar-refractivity contribution in [1.29, 1.82) is 0 Å². The Kier molecular flexibility index (Phi) is 5.51. The molecule has 0 saturated carbocycles. The van der Waals surface area contributed by atoms with E-state index in [0.29, 0.717) is 22.1 Å². The number of hydrogen-bond donors (Lipinski definition) is 1. The lowest BCUT2D eigenvalue weighted by Crippen LogP contribution is -2.37. The van der Waals surface area contributed by atoms with Crippen LogP contribution >= 0.6 is 23.4 Å². The number of rotatable bonds is 4. The van der Waals surface area contributed by atoms with Gasteiger partial charge in [0, 0.05) is 21.2 Å². The fourth-order valence-corrected chi connectivity index (χ4v) is 4.60. The van der Waals surface area contributed by atoms with E-state index in [1.165, 1.54) is 0 Å². The average Bonchev–Trinajstić information content (AvgIpc) is 3.16. The Morgan fingerprint density at radius 3 is 2.53 bits per heavy atom. The van der Waals surface area contributed by atoms with Gasteiger partial charge in [-0.3, -0.25) is 4.79 Å². The lowest BCUT2D eigenvalue weighted by atomic mass is 10.1. The molecule has 0 atom stereocenters. The Hall–Kier alpha value is -3.42. The van der Waals surface area contributed by atoms with Gasteiger partial charge in [0.05, 0.1) is 29.8 Å². The predicted octanol–water partition coefficient (Wildman–Crippen LogP) is 4.64. The highest BCUT2D eigenvalue weighted by atomic mass is 35.5. The van der Waals surface area contributed by atoms with Gasteiger partial charge in [-0.15, -0.1) is 9.78 Å². The van der Waals surface area contributed by atoms with Gasteiger partial charge in [0.15, 0.2) is 0 Å². The first-order valence-electron chi connectivity index (χ1n) is 10.0. The standard InChI is InChI=1S/C24H18ClN5OS/c1-29-24-30(27-21(15-32-24)16-11-13-18(25)14-12-16)22(28-29)19-9-5-6-10-20(19)26-23(31)17-7-3-2-4-8-17/h2-14H,15H2,1H3/p+1. The summed E-state index contributed by atoms with van der Waals surface area (Å²) in [5.74, 6) is 1.21. The van der Waals surface area contributed by atoms with Crippen molar-refractivity contribution >= 4 is 40.7 Å². The zero-order valence-electron chi connectivity index (χ0n) is 17.2. The monoisotopic (exact) mass is 460 g/mol. The van der Waals surface area contributed by atoms with E-state index in [0.717, 1.165) is 27.7 Å². The van der Waals surface area contributed by atoms with Crippen LogP contribution in [0, 0.1) is 0 Å². The average molecular weight is 461 g/mol. The van der Waals surface area contributed by atoms with Crippen LogP contribution in [0.5, 0.6) is 0 Å². The third kappa shape index (κ3) is 3.92. The van der Waals surface area contributed by atoms with E-state index in [-0.39, 0.29) is 5.91 Å². The number of nitrogens with zero attached hydrogens (tertiary/aromatic N) is 4. The van der Waals surface area contributed by atoms with Gasteiger partial charge in [-0.05, 0) is 48.2 Å². The van der Waals surface area contributed by atoms with Crippen molar-refractivity contribution in [2.75, 3.05) is 11.1 Å². The number of carbonyl (C=O) groups excluding carboxylic acids is 1. The Morgan fingerprint density at radius 2 is 1.75 bits per heavy atom. The maximum Gasteiger partial charge on any atom is 0.335 e. The van der Waals surface area contributed by atoms with Crippen LogP contribution in [0.25, 0.3) is 11.4 Å². The number of nitrogens with one attached hydrogen (secondary N) is 1. The number of para-hydroxylation sites is 1. The molecule has 1 aromatic heterocycles. The highest BCUT2D eigenvalue weighted by Gasteiger charge is 2.31.